The van der Waals surface area contributed by atoms with Crippen molar-refractivity contribution in [3.8, 4) is 0 Å². The standard InChI is InChI=1S/C44H74O12S/c1-3-5-7-9-11-13-15-17-18-19-21-22-24-26-28-30-32-39(45)53-34-37(35-54-44-43(49)42(48)41(47)38(56-44)36-57(50,51)52)55-40(46)33-31-29-27-25-23-20-16-14-12-10-8-6-4-2/h3,5,9,11,15,17,19,21,24,26,37-38,41-44,47-49H,4,6-8,10,12-14,16,18,20,22-23,25,27-36H2,1-2H3,(H,50,51,52)/b5-3-,11-9-,17-15-,21-19-,26-24-/t37?,38-,41-,42+,43-,44+/m1/s1. The van der Waals surface area contributed by atoms with Crippen LogP contribution in [0.5, 0.6) is 0 Å². The highest BCUT2D eigenvalue weighted by molar-refractivity contribution is 7.85. The molecule has 1 saturated heterocycles. The fourth-order valence-electron chi connectivity index (χ4n) is 6.11. The molecule has 1 unspecified atom stereocenters. The van der Waals surface area contributed by atoms with Gasteiger partial charge < -0.3 is 34.3 Å². The highest BCUT2D eigenvalue weighted by atomic mass is 32.2. The van der Waals surface area contributed by atoms with Gasteiger partial charge in [0.1, 0.15) is 36.8 Å². The Morgan fingerprint density at radius 1 is 0.632 bits per heavy atom. The highest BCUT2D eigenvalue weighted by Gasteiger charge is 2.46. The van der Waals surface area contributed by atoms with E-state index in [0.29, 0.717) is 19.3 Å². The van der Waals surface area contributed by atoms with E-state index >= 15 is 0 Å². The van der Waals surface area contributed by atoms with Crippen LogP contribution in [0.4, 0.5) is 0 Å². The van der Waals surface area contributed by atoms with Crippen LogP contribution in [-0.4, -0.2) is 96.0 Å². The molecule has 1 fully saturated rings. The zero-order valence-corrected chi connectivity index (χ0v) is 35.5. The fourth-order valence-corrected chi connectivity index (χ4v) is 6.80. The molecule has 1 heterocycles. The maximum atomic E-state index is 12.8. The third kappa shape index (κ3) is 29.2. The lowest BCUT2D eigenvalue weighted by Crippen LogP contribution is -2.60. The Kier molecular flexibility index (Phi) is 31.5. The fraction of sp³-hybridized carbons (Fsp3) is 0.727. The van der Waals surface area contributed by atoms with Crippen LogP contribution >= 0.6 is 0 Å². The van der Waals surface area contributed by atoms with Gasteiger partial charge in [-0.15, -0.1) is 0 Å². The van der Waals surface area contributed by atoms with E-state index in [2.05, 4.69) is 49.5 Å². The van der Waals surface area contributed by atoms with Crippen LogP contribution in [0.1, 0.15) is 149 Å². The van der Waals surface area contributed by atoms with Crippen molar-refractivity contribution in [3.63, 3.8) is 0 Å². The van der Waals surface area contributed by atoms with Gasteiger partial charge in [-0.25, -0.2) is 0 Å². The number of aliphatic hydroxyl groups is 3. The molecule has 12 nitrogen and oxygen atoms in total. The largest absolute Gasteiger partial charge is 0.462 e. The molecular formula is C44H74O12S. The molecule has 0 aromatic heterocycles. The van der Waals surface area contributed by atoms with E-state index < -0.39 is 71.2 Å². The maximum absolute atomic E-state index is 12.8. The Balaban J connectivity index is 2.52. The molecule has 0 amide bonds. The highest BCUT2D eigenvalue weighted by Crippen LogP contribution is 2.24. The third-order valence-corrected chi connectivity index (χ3v) is 10.2. The number of esters is 2. The maximum Gasteiger partial charge on any atom is 0.306 e. The van der Waals surface area contributed by atoms with Crippen LogP contribution in [0.2, 0.25) is 0 Å². The first kappa shape index (κ1) is 52.4. The molecule has 1 aliphatic heterocycles. The van der Waals surface area contributed by atoms with Crippen molar-refractivity contribution in [2.75, 3.05) is 19.0 Å². The van der Waals surface area contributed by atoms with Gasteiger partial charge in [0.25, 0.3) is 10.1 Å². The molecule has 4 N–H and O–H groups in total. The quantitative estimate of drug-likeness (QED) is 0.0211. The Hall–Kier alpha value is -2.65. The van der Waals surface area contributed by atoms with E-state index in [0.717, 1.165) is 44.9 Å². The topological polar surface area (TPSA) is 186 Å². The Bertz CT molecular complexity index is 1290. The van der Waals surface area contributed by atoms with Gasteiger partial charge in [0, 0.05) is 12.8 Å². The lowest BCUT2D eigenvalue weighted by atomic mass is 10.00. The molecule has 0 radical (unpaired) electrons. The number of ether oxygens (including phenoxy) is 4. The molecule has 0 aliphatic carbocycles. The Labute approximate surface area is 343 Å². The van der Waals surface area contributed by atoms with E-state index in [1.807, 2.05) is 25.2 Å². The lowest BCUT2D eigenvalue weighted by Gasteiger charge is -2.40. The van der Waals surface area contributed by atoms with E-state index in [-0.39, 0.29) is 19.4 Å². The van der Waals surface area contributed by atoms with Gasteiger partial charge in [0.15, 0.2) is 12.4 Å². The van der Waals surface area contributed by atoms with Crippen molar-refractivity contribution in [1.29, 1.82) is 0 Å². The zero-order valence-electron chi connectivity index (χ0n) is 34.7. The molecular weight excluding hydrogens is 753 g/mol. The van der Waals surface area contributed by atoms with E-state index in [4.69, 9.17) is 18.9 Å². The van der Waals surface area contributed by atoms with Crippen LogP contribution in [0.15, 0.2) is 60.8 Å². The first-order valence-corrected chi connectivity index (χ1v) is 22.9. The number of hydrogen-bond donors (Lipinski definition) is 4. The van der Waals surface area contributed by atoms with E-state index in [9.17, 15) is 37.9 Å². The minimum absolute atomic E-state index is 0.139. The van der Waals surface area contributed by atoms with Crippen molar-refractivity contribution >= 4 is 22.1 Å². The van der Waals surface area contributed by atoms with E-state index in [1.165, 1.54) is 57.8 Å². The molecule has 13 heteroatoms. The summed E-state index contributed by atoms with van der Waals surface area (Å²) in [5, 5.41) is 30.8. The molecule has 0 saturated carbocycles. The SMILES string of the molecule is C/C=C\C/C=C\C/C=C\C/C=C\C/C=C\CCCC(=O)OCC(CO[C@H]1O[C@H](CS(=O)(=O)O)[C@@H](O)[C@H](O)[C@H]1O)OC(=O)CCCCCCCCCCCCCCC. The predicted molar refractivity (Wildman–Crippen MR) is 224 cm³/mol. The number of hydrogen-bond acceptors (Lipinski definition) is 11. The van der Waals surface area contributed by atoms with Crippen LogP contribution < -0.4 is 0 Å². The van der Waals surface area contributed by atoms with Crippen molar-refractivity contribution in [1.82, 2.24) is 0 Å². The summed E-state index contributed by atoms with van der Waals surface area (Å²) in [6.45, 7) is 3.47. The summed E-state index contributed by atoms with van der Waals surface area (Å²) >= 11 is 0. The van der Waals surface area contributed by atoms with Crippen LogP contribution in [0.3, 0.4) is 0 Å². The smallest absolute Gasteiger partial charge is 0.306 e. The van der Waals surface area contributed by atoms with Crippen molar-refractivity contribution in [2.45, 2.75) is 185 Å². The summed E-state index contributed by atoms with van der Waals surface area (Å²) in [5.74, 6) is -2.06. The summed E-state index contributed by atoms with van der Waals surface area (Å²) in [6.07, 6.45) is 31.4. The third-order valence-electron chi connectivity index (χ3n) is 9.45. The Morgan fingerprint density at radius 2 is 1.12 bits per heavy atom. The van der Waals surface area contributed by atoms with Gasteiger partial charge in [0.2, 0.25) is 0 Å². The molecule has 1 rings (SSSR count). The number of unbranched alkanes of at least 4 members (excludes halogenated alkanes) is 13. The monoisotopic (exact) mass is 826 g/mol. The zero-order chi connectivity index (χ0) is 42.0. The second kappa shape index (κ2) is 34.2. The van der Waals surface area contributed by atoms with Gasteiger partial charge in [-0.1, -0.05) is 145 Å². The summed E-state index contributed by atoms with van der Waals surface area (Å²) < 4.78 is 53.9. The number of rotatable bonds is 34. The van der Waals surface area contributed by atoms with Crippen LogP contribution in [-0.2, 0) is 38.7 Å². The summed E-state index contributed by atoms with van der Waals surface area (Å²) in [6, 6.07) is 0. The number of carbonyl (C=O) groups excluding carboxylic acids is 2. The minimum Gasteiger partial charge on any atom is -0.462 e. The normalized spacial score (nSPS) is 21.1. The van der Waals surface area contributed by atoms with Gasteiger partial charge in [-0.3, -0.25) is 14.1 Å². The average molecular weight is 827 g/mol. The van der Waals surface area contributed by atoms with Crippen molar-refractivity contribution in [3.05, 3.63) is 60.8 Å². The molecule has 6 atom stereocenters. The first-order chi connectivity index (χ1) is 27.5. The van der Waals surface area contributed by atoms with Gasteiger partial charge >= 0.3 is 11.9 Å². The molecule has 328 valence electrons. The van der Waals surface area contributed by atoms with Gasteiger partial charge in [-0.05, 0) is 51.9 Å². The Morgan fingerprint density at radius 3 is 1.65 bits per heavy atom. The molecule has 0 aromatic rings. The number of aliphatic hydroxyl groups excluding tert-OH is 3. The minimum atomic E-state index is -4.61. The van der Waals surface area contributed by atoms with E-state index in [1.54, 1.807) is 0 Å². The second-order valence-electron chi connectivity index (χ2n) is 14.7. The summed E-state index contributed by atoms with van der Waals surface area (Å²) in [5.41, 5.74) is 0. The summed E-state index contributed by atoms with van der Waals surface area (Å²) in [4.78, 5) is 25.3. The van der Waals surface area contributed by atoms with Crippen molar-refractivity contribution in [2.24, 2.45) is 0 Å². The van der Waals surface area contributed by atoms with Crippen LogP contribution in [0, 0.1) is 0 Å². The molecule has 0 aromatic carbocycles. The molecule has 1 aliphatic rings. The first-order valence-electron chi connectivity index (χ1n) is 21.3. The van der Waals surface area contributed by atoms with Crippen molar-refractivity contribution < 1.29 is 56.8 Å². The van der Waals surface area contributed by atoms with Gasteiger partial charge in [0.05, 0.1) is 6.61 Å². The predicted octanol–water partition coefficient (Wildman–Crippen LogP) is 8.17. The number of carbonyl (C=O) groups is 2. The van der Waals surface area contributed by atoms with Crippen LogP contribution in [0.25, 0.3) is 0 Å². The molecule has 0 spiro atoms. The lowest BCUT2D eigenvalue weighted by molar-refractivity contribution is -0.297. The molecule has 57 heavy (non-hydrogen) atoms. The molecule has 0 bridgehead atoms. The summed E-state index contributed by atoms with van der Waals surface area (Å²) in [7, 11) is -4.61. The van der Waals surface area contributed by atoms with Gasteiger partial charge in [-0.2, -0.15) is 8.42 Å². The average Bonchev–Trinajstić information content (AvgIpc) is 3.17. The number of allylic oxidation sites excluding steroid dienone is 10. The second-order valence-corrected chi connectivity index (χ2v) is 16.2.